The van der Waals surface area contributed by atoms with Crippen molar-refractivity contribution >= 4 is 15.9 Å². The van der Waals surface area contributed by atoms with Crippen LogP contribution in [0.25, 0.3) is 0 Å². The smallest absolute Gasteiger partial charge is 0.120 e. The van der Waals surface area contributed by atoms with Gasteiger partial charge in [0.05, 0.1) is 6.61 Å². The summed E-state index contributed by atoms with van der Waals surface area (Å²) in [5.41, 5.74) is 0. The molecule has 0 amide bonds. The highest BCUT2D eigenvalue weighted by molar-refractivity contribution is 9.10. The number of methoxy groups -OCH3 is 1. The predicted octanol–water partition coefficient (Wildman–Crippen LogP) is 2.88. The molecule has 0 saturated heterocycles. The summed E-state index contributed by atoms with van der Waals surface area (Å²) in [5.74, 6) is 0.856. The predicted molar refractivity (Wildman–Crippen MR) is 66.9 cm³/mol. The van der Waals surface area contributed by atoms with Gasteiger partial charge in [0.2, 0.25) is 0 Å². The quantitative estimate of drug-likeness (QED) is 0.689. The minimum Gasteiger partial charge on any atom is -0.491 e. The van der Waals surface area contributed by atoms with Crippen molar-refractivity contribution in [3.8, 4) is 5.75 Å². The lowest BCUT2D eigenvalue weighted by Crippen LogP contribution is -2.08. The Balaban J connectivity index is 2.03. The standard InChI is InChI=1S/C12H17BrO3/c1-14-6-3-7-15-8-9-16-12-5-2-4-11(13)10-12/h2,4-5,10H,3,6-9H2,1H3. The molecule has 1 rings (SSSR count). The largest absolute Gasteiger partial charge is 0.491 e. The highest BCUT2D eigenvalue weighted by Crippen LogP contribution is 2.17. The van der Waals surface area contributed by atoms with Gasteiger partial charge < -0.3 is 14.2 Å². The number of rotatable bonds is 8. The number of halogens is 1. The van der Waals surface area contributed by atoms with Crippen LogP contribution in [0.5, 0.6) is 5.75 Å². The van der Waals surface area contributed by atoms with Crippen LogP contribution in [0.3, 0.4) is 0 Å². The van der Waals surface area contributed by atoms with Crippen LogP contribution in [0.15, 0.2) is 28.7 Å². The van der Waals surface area contributed by atoms with Gasteiger partial charge in [-0.2, -0.15) is 0 Å². The fraction of sp³-hybridized carbons (Fsp3) is 0.500. The third kappa shape index (κ3) is 6.10. The maximum absolute atomic E-state index is 5.51. The van der Waals surface area contributed by atoms with Crippen molar-refractivity contribution in [1.82, 2.24) is 0 Å². The molecule has 1 aromatic carbocycles. The van der Waals surface area contributed by atoms with E-state index >= 15 is 0 Å². The molecule has 4 heteroatoms. The lowest BCUT2D eigenvalue weighted by atomic mass is 10.3. The van der Waals surface area contributed by atoms with E-state index < -0.39 is 0 Å². The van der Waals surface area contributed by atoms with Crippen molar-refractivity contribution in [3.63, 3.8) is 0 Å². The second-order valence-corrected chi connectivity index (χ2v) is 4.18. The maximum Gasteiger partial charge on any atom is 0.120 e. The zero-order valence-corrected chi connectivity index (χ0v) is 11.0. The lowest BCUT2D eigenvalue weighted by molar-refractivity contribution is 0.0806. The molecule has 0 aromatic heterocycles. The molecule has 0 bridgehead atoms. The molecular weight excluding hydrogens is 272 g/mol. The molecule has 0 aliphatic carbocycles. The van der Waals surface area contributed by atoms with Gasteiger partial charge in [-0.15, -0.1) is 0 Å². The first-order valence-corrected chi connectivity index (χ1v) is 6.07. The summed E-state index contributed by atoms with van der Waals surface area (Å²) in [7, 11) is 1.69. The van der Waals surface area contributed by atoms with E-state index in [-0.39, 0.29) is 0 Å². The Morgan fingerprint density at radius 3 is 2.75 bits per heavy atom. The van der Waals surface area contributed by atoms with Gasteiger partial charge >= 0.3 is 0 Å². The number of hydrogen-bond donors (Lipinski definition) is 0. The summed E-state index contributed by atoms with van der Waals surface area (Å²) >= 11 is 3.39. The molecule has 3 nitrogen and oxygen atoms in total. The first-order valence-electron chi connectivity index (χ1n) is 5.28. The Kier molecular flexibility index (Phi) is 7.21. The fourth-order valence-electron chi connectivity index (χ4n) is 1.18. The summed E-state index contributed by atoms with van der Waals surface area (Å²) < 4.78 is 16.8. The van der Waals surface area contributed by atoms with E-state index in [1.807, 2.05) is 24.3 Å². The number of ether oxygens (including phenoxy) is 3. The monoisotopic (exact) mass is 288 g/mol. The fourth-order valence-corrected chi connectivity index (χ4v) is 1.56. The molecule has 0 aliphatic heterocycles. The van der Waals surface area contributed by atoms with Gasteiger partial charge in [-0.25, -0.2) is 0 Å². The summed E-state index contributed by atoms with van der Waals surface area (Å²) in [6, 6.07) is 7.77. The Morgan fingerprint density at radius 1 is 1.12 bits per heavy atom. The molecule has 0 heterocycles. The first kappa shape index (κ1) is 13.5. The molecule has 90 valence electrons. The molecule has 0 unspecified atom stereocenters. The third-order valence-electron chi connectivity index (χ3n) is 1.93. The van der Waals surface area contributed by atoms with Crippen LogP contribution in [0.4, 0.5) is 0 Å². The summed E-state index contributed by atoms with van der Waals surface area (Å²) in [4.78, 5) is 0. The molecule has 0 N–H and O–H groups in total. The van der Waals surface area contributed by atoms with Crippen LogP contribution in [0, 0.1) is 0 Å². The second-order valence-electron chi connectivity index (χ2n) is 3.26. The van der Waals surface area contributed by atoms with E-state index in [0.29, 0.717) is 13.2 Å². The van der Waals surface area contributed by atoms with Crippen LogP contribution < -0.4 is 4.74 Å². The SMILES string of the molecule is COCCCOCCOc1cccc(Br)c1. The van der Waals surface area contributed by atoms with Crippen LogP contribution >= 0.6 is 15.9 Å². The minimum atomic E-state index is 0.573. The molecule has 0 spiro atoms. The lowest BCUT2D eigenvalue weighted by Gasteiger charge is -2.07. The third-order valence-corrected chi connectivity index (χ3v) is 2.42. The summed E-state index contributed by atoms with van der Waals surface area (Å²) in [5, 5.41) is 0. The Morgan fingerprint density at radius 2 is 2.00 bits per heavy atom. The Bertz CT molecular complexity index is 291. The van der Waals surface area contributed by atoms with Gasteiger partial charge in [0.25, 0.3) is 0 Å². The number of hydrogen-bond acceptors (Lipinski definition) is 3. The number of benzene rings is 1. The minimum absolute atomic E-state index is 0.573. The van der Waals surface area contributed by atoms with E-state index in [9.17, 15) is 0 Å². The van der Waals surface area contributed by atoms with Gasteiger partial charge in [0.1, 0.15) is 12.4 Å². The van der Waals surface area contributed by atoms with E-state index in [0.717, 1.165) is 29.9 Å². The van der Waals surface area contributed by atoms with E-state index in [2.05, 4.69) is 15.9 Å². The van der Waals surface area contributed by atoms with Crippen molar-refractivity contribution in [3.05, 3.63) is 28.7 Å². The Labute approximate surface area is 105 Å². The van der Waals surface area contributed by atoms with Gasteiger partial charge in [-0.05, 0) is 24.6 Å². The molecule has 0 aliphatic rings. The van der Waals surface area contributed by atoms with Crippen molar-refractivity contribution in [1.29, 1.82) is 0 Å². The van der Waals surface area contributed by atoms with Gasteiger partial charge in [-0.1, -0.05) is 22.0 Å². The van der Waals surface area contributed by atoms with E-state index in [4.69, 9.17) is 14.2 Å². The van der Waals surface area contributed by atoms with Crippen molar-refractivity contribution in [2.75, 3.05) is 33.5 Å². The molecule has 1 aromatic rings. The van der Waals surface area contributed by atoms with Crippen LogP contribution in [0.1, 0.15) is 6.42 Å². The van der Waals surface area contributed by atoms with Gasteiger partial charge in [-0.3, -0.25) is 0 Å². The molecule has 16 heavy (non-hydrogen) atoms. The molecule has 0 fully saturated rings. The zero-order chi connectivity index (χ0) is 11.6. The average molecular weight is 289 g/mol. The molecule has 0 radical (unpaired) electrons. The van der Waals surface area contributed by atoms with Crippen LogP contribution in [-0.4, -0.2) is 33.5 Å². The van der Waals surface area contributed by atoms with Crippen LogP contribution in [-0.2, 0) is 9.47 Å². The second kappa shape index (κ2) is 8.56. The van der Waals surface area contributed by atoms with E-state index in [1.165, 1.54) is 0 Å². The molecule has 0 saturated carbocycles. The highest BCUT2D eigenvalue weighted by Gasteiger charge is 1.94. The van der Waals surface area contributed by atoms with Crippen molar-refractivity contribution < 1.29 is 14.2 Å². The topological polar surface area (TPSA) is 27.7 Å². The summed E-state index contributed by atoms with van der Waals surface area (Å²) in [6.07, 6.45) is 0.924. The maximum atomic E-state index is 5.51. The van der Waals surface area contributed by atoms with Gasteiger partial charge in [0.15, 0.2) is 0 Å². The Hall–Kier alpha value is -0.580. The van der Waals surface area contributed by atoms with Crippen molar-refractivity contribution in [2.45, 2.75) is 6.42 Å². The summed E-state index contributed by atoms with van der Waals surface area (Å²) in [6.45, 7) is 2.64. The van der Waals surface area contributed by atoms with E-state index in [1.54, 1.807) is 7.11 Å². The molecular formula is C12H17BrO3. The highest BCUT2D eigenvalue weighted by atomic mass is 79.9. The average Bonchev–Trinajstić information content (AvgIpc) is 2.28. The van der Waals surface area contributed by atoms with Gasteiger partial charge in [0, 0.05) is 24.8 Å². The van der Waals surface area contributed by atoms with Crippen LogP contribution in [0.2, 0.25) is 0 Å². The van der Waals surface area contributed by atoms with Crippen molar-refractivity contribution in [2.24, 2.45) is 0 Å². The first-order chi connectivity index (χ1) is 7.83. The normalized spacial score (nSPS) is 10.4. The zero-order valence-electron chi connectivity index (χ0n) is 9.45. The molecule has 0 atom stereocenters.